The molecule has 0 fully saturated rings. The van der Waals surface area contributed by atoms with Crippen molar-refractivity contribution in [3.63, 3.8) is 0 Å². The Kier molecular flexibility index (Phi) is 3.50. The fourth-order valence-electron chi connectivity index (χ4n) is 0.823. The van der Waals surface area contributed by atoms with Crippen molar-refractivity contribution in [3.8, 4) is 11.5 Å². The van der Waals surface area contributed by atoms with Crippen LogP contribution in [0.15, 0.2) is 12.1 Å². The summed E-state index contributed by atoms with van der Waals surface area (Å²) in [6, 6.07) is 2.23. The predicted molar refractivity (Wildman–Crippen MR) is 48.4 cm³/mol. The summed E-state index contributed by atoms with van der Waals surface area (Å²) in [5, 5.41) is 28.4. The van der Waals surface area contributed by atoms with Gasteiger partial charge in [-0.15, -0.1) is 12.4 Å². The van der Waals surface area contributed by atoms with Crippen LogP contribution in [0.5, 0.6) is 11.5 Å². The van der Waals surface area contributed by atoms with E-state index in [9.17, 15) is 10.1 Å². The number of phenols is 2. The maximum Gasteiger partial charge on any atom is 0.311 e. The van der Waals surface area contributed by atoms with Gasteiger partial charge in [0.05, 0.1) is 4.92 Å². The first-order valence-corrected chi connectivity index (χ1v) is 3.20. The first-order chi connectivity index (χ1) is 5.54. The van der Waals surface area contributed by atoms with Gasteiger partial charge < -0.3 is 10.2 Å². The van der Waals surface area contributed by atoms with E-state index in [0.29, 0.717) is 0 Å². The number of aromatic hydroxyl groups is 2. The van der Waals surface area contributed by atoms with Crippen LogP contribution in [0.1, 0.15) is 5.56 Å². The van der Waals surface area contributed by atoms with Crippen LogP contribution in [0, 0.1) is 17.0 Å². The number of nitro benzene ring substituents is 1. The molecule has 1 aromatic carbocycles. The molecule has 0 aliphatic carbocycles. The van der Waals surface area contributed by atoms with Crippen LogP contribution >= 0.6 is 12.4 Å². The second-order valence-corrected chi connectivity index (χ2v) is 2.33. The van der Waals surface area contributed by atoms with E-state index < -0.39 is 16.4 Å². The van der Waals surface area contributed by atoms with Gasteiger partial charge in [0.2, 0.25) is 5.75 Å². The van der Waals surface area contributed by atoms with Gasteiger partial charge in [-0.2, -0.15) is 0 Å². The second kappa shape index (κ2) is 3.95. The Hall–Kier alpha value is -1.49. The summed E-state index contributed by atoms with van der Waals surface area (Å²) in [5.41, 5.74) is -0.283. The largest absolute Gasteiger partial charge is 0.508 e. The highest BCUT2D eigenvalue weighted by molar-refractivity contribution is 5.85. The minimum atomic E-state index is -0.707. The minimum Gasteiger partial charge on any atom is -0.508 e. The van der Waals surface area contributed by atoms with E-state index in [1.54, 1.807) is 0 Å². The van der Waals surface area contributed by atoms with Crippen LogP contribution in [0.4, 0.5) is 5.69 Å². The maximum atomic E-state index is 10.2. The lowest BCUT2D eigenvalue weighted by Gasteiger charge is -2.01. The first kappa shape index (κ1) is 11.5. The SMILES string of the molecule is Cc1c(O)ccc([N+](=O)[O-])c1O.Cl. The van der Waals surface area contributed by atoms with Gasteiger partial charge in [0.1, 0.15) is 5.75 Å². The lowest BCUT2D eigenvalue weighted by atomic mass is 10.2. The third-order valence-electron chi connectivity index (χ3n) is 1.58. The summed E-state index contributed by atoms with van der Waals surface area (Å²) in [7, 11) is 0. The molecule has 6 heteroatoms. The van der Waals surface area contributed by atoms with Crippen LogP contribution in [0.25, 0.3) is 0 Å². The molecule has 0 heterocycles. The number of hydrogen-bond acceptors (Lipinski definition) is 4. The van der Waals surface area contributed by atoms with Gasteiger partial charge in [-0.25, -0.2) is 0 Å². The molecule has 72 valence electrons. The van der Waals surface area contributed by atoms with Gasteiger partial charge in [-0.05, 0) is 13.0 Å². The van der Waals surface area contributed by atoms with E-state index in [1.165, 1.54) is 13.0 Å². The van der Waals surface area contributed by atoms with Crippen LogP contribution in [-0.4, -0.2) is 15.1 Å². The molecule has 0 unspecified atom stereocenters. The van der Waals surface area contributed by atoms with E-state index in [1.807, 2.05) is 0 Å². The molecule has 0 saturated heterocycles. The van der Waals surface area contributed by atoms with Crippen molar-refractivity contribution in [1.82, 2.24) is 0 Å². The number of halogens is 1. The monoisotopic (exact) mass is 205 g/mol. The van der Waals surface area contributed by atoms with Gasteiger partial charge in [-0.1, -0.05) is 0 Å². The van der Waals surface area contributed by atoms with E-state index in [2.05, 4.69) is 0 Å². The molecule has 13 heavy (non-hydrogen) atoms. The predicted octanol–water partition coefficient (Wildman–Crippen LogP) is 1.74. The van der Waals surface area contributed by atoms with Gasteiger partial charge >= 0.3 is 5.69 Å². The number of hydrogen-bond donors (Lipinski definition) is 2. The van der Waals surface area contributed by atoms with E-state index in [4.69, 9.17) is 10.2 Å². The fraction of sp³-hybridized carbons (Fsp3) is 0.143. The Morgan fingerprint density at radius 3 is 2.38 bits per heavy atom. The van der Waals surface area contributed by atoms with Crippen LogP contribution in [0.3, 0.4) is 0 Å². The second-order valence-electron chi connectivity index (χ2n) is 2.33. The summed E-state index contributed by atoms with van der Waals surface area (Å²) in [4.78, 5) is 9.54. The average Bonchev–Trinajstić information content (AvgIpc) is 2.00. The van der Waals surface area contributed by atoms with Crippen molar-refractivity contribution < 1.29 is 15.1 Å². The van der Waals surface area contributed by atoms with Gasteiger partial charge in [0, 0.05) is 11.6 Å². The Balaban J connectivity index is 0.00000144. The van der Waals surface area contributed by atoms with Gasteiger partial charge in [0.25, 0.3) is 0 Å². The van der Waals surface area contributed by atoms with Crippen molar-refractivity contribution in [1.29, 1.82) is 0 Å². The Bertz CT molecular complexity index is 340. The normalized spacial score (nSPS) is 9.00. The van der Waals surface area contributed by atoms with Crippen molar-refractivity contribution >= 4 is 18.1 Å². The molecule has 0 aliphatic heterocycles. The third-order valence-corrected chi connectivity index (χ3v) is 1.58. The average molecular weight is 206 g/mol. The first-order valence-electron chi connectivity index (χ1n) is 3.20. The molecule has 0 aliphatic rings. The molecular formula is C7H8ClNO4. The zero-order valence-electron chi connectivity index (χ0n) is 6.72. The summed E-state index contributed by atoms with van der Waals surface area (Å²) in [5.74, 6) is -0.641. The topological polar surface area (TPSA) is 83.6 Å². The summed E-state index contributed by atoms with van der Waals surface area (Å²) in [6.45, 7) is 1.40. The van der Waals surface area contributed by atoms with Crippen LogP contribution in [0.2, 0.25) is 0 Å². The van der Waals surface area contributed by atoms with Gasteiger partial charge in [0.15, 0.2) is 0 Å². The van der Waals surface area contributed by atoms with Crippen LogP contribution < -0.4 is 0 Å². The number of nitrogens with zero attached hydrogens (tertiary/aromatic N) is 1. The molecule has 0 amide bonds. The standard InChI is InChI=1S/C7H7NO4.ClH/c1-4-6(9)3-2-5(7(4)10)8(11)12;/h2-3,9-10H,1H3;1H. The molecule has 0 atom stereocenters. The molecule has 1 rings (SSSR count). The fourth-order valence-corrected chi connectivity index (χ4v) is 0.823. The van der Waals surface area contributed by atoms with Gasteiger partial charge in [-0.3, -0.25) is 10.1 Å². The third kappa shape index (κ3) is 2.00. The highest BCUT2D eigenvalue weighted by Gasteiger charge is 2.16. The molecule has 0 radical (unpaired) electrons. The van der Waals surface area contributed by atoms with Crippen molar-refractivity contribution in [2.45, 2.75) is 6.92 Å². The quantitative estimate of drug-likeness (QED) is 0.540. The lowest BCUT2D eigenvalue weighted by Crippen LogP contribution is -1.89. The Morgan fingerprint density at radius 1 is 1.38 bits per heavy atom. The highest BCUT2D eigenvalue weighted by atomic mass is 35.5. The molecule has 0 saturated carbocycles. The maximum absolute atomic E-state index is 10.2. The molecule has 0 bridgehead atoms. The molecule has 0 aromatic heterocycles. The number of benzene rings is 1. The molecule has 5 nitrogen and oxygen atoms in total. The number of nitro groups is 1. The number of phenolic OH excluding ortho intramolecular Hbond substituents is 2. The smallest absolute Gasteiger partial charge is 0.311 e. The minimum absolute atomic E-state index is 0. The zero-order valence-corrected chi connectivity index (χ0v) is 7.54. The molecule has 0 spiro atoms. The van der Waals surface area contributed by atoms with E-state index in [0.717, 1.165) is 6.07 Å². The molecular weight excluding hydrogens is 198 g/mol. The van der Waals surface area contributed by atoms with Crippen molar-refractivity contribution in [2.75, 3.05) is 0 Å². The van der Waals surface area contributed by atoms with E-state index >= 15 is 0 Å². The zero-order chi connectivity index (χ0) is 9.30. The summed E-state index contributed by atoms with van der Waals surface area (Å²) >= 11 is 0. The summed E-state index contributed by atoms with van der Waals surface area (Å²) in [6.07, 6.45) is 0. The summed E-state index contributed by atoms with van der Waals surface area (Å²) < 4.78 is 0. The highest BCUT2D eigenvalue weighted by Crippen LogP contribution is 2.34. The van der Waals surface area contributed by atoms with E-state index in [-0.39, 0.29) is 23.7 Å². The molecule has 1 aromatic rings. The Morgan fingerprint density at radius 2 is 1.92 bits per heavy atom. The Labute approximate surface area is 80.2 Å². The number of rotatable bonds is 1. The molecule has 2 N–H and O–H groups in total. The van der Waals surface area contributed by atoms with Crippen LogP contribution in [-0.2, 0) is 0 Å². The van der Waals surface area contributed by atoms with Crippen molar-refractivity contribution in [2.24, 2.45) is 0 Å². The lowest BCUT2D eigenvalue weighted by molar-refractivity contribution is -0.385. The van der Waals surface area contributed by atoms with Crippen molar-refractivity contribution in [3.05, 3.63) is 27.8 Å².